The first-order chi connectivity index (χ1) is 6.36. The monoisotopic (exact) mass is 181 g/mol. The van der Waals surface area contributed by atoms with Crippen LogP contribution in [0, 0.1) is 0 Å². The molecular weight excluding hydrogens is 166 g/mol. The molecule has 0 amide bonds. The first-order valence-electron chi connectivity index (χ1n) is 4.18. The zero-order chi connectivity index (χ0) is 9.52. The fourth-order valence-electron chi connectivity index (χ4n) is 1.09. The van der Waals surface area contributed by atoms with E-state index in [0.717, 1.165) is 6.54 Å². The third-order valence-corrected chi connectivity index (χ3v) is 1.73. The summed E-state index contributed by atoms with van der Waals surface area (Å²) < 4.78 is 4.97. The molecule has 1 aromatic rings. The summed E-state index contributed by atoms with van der Waals surface area (Å²) in [6, 6.07) is 10.1. The van der Waals surface area contributed by atoms with E-state index in [1.54, 1.807) is 19.3 Å². The van der Waals surface area contributed by atoms with Crippen LogP contribution in [0.2, 0.25) is 0 Å². The van der Waals surface area contributed by atoms with Gasteiger partial charge in [0.05, 0.1) is 13.7 Å². The van der Waals surface area contributed by atoms with Crippen molar-refractivity contribution in [3.8, 4) is 0 Å². The van der Waals surface area contributed by atoms with Gasteiger partial charge in [0.25, 0.3) is 0 Å². The van der Waals surface area contributed by atoms with Crippen LogP contribution in [0.3, 0.4) is 0 Å². The van der Waals surface area contributed by atoms with Gasteiger partial charge in [-0.05, 0) is 5.56 Å². The van der Waals surface area contributed by atoms with Crippen molar-refractivity contribution >= 4 is 0 Å². The lowest BCUT2D eigenvalue weighted by Gasteiger charge is -2.17. The van der Waals surface area contributed by atoms with Crippen molar-refractivity contribution in [2.45, 2.75) is 6.54 Å². The van der Waals surface area contributed by atoms with Gasteiger partial charge in [-0.1, -0.05) is 30.3 Å². The molecule has 1 aromatic carbocycles. The van der Waals surface area contributed by atoms with Crippen molar-refractivity contribution in [3.05, 3.63) is 35.9 Å². The maximum absolute atomic E-state index is 5.10. The van der Waals surface area contributed by atoms with Gasteiger partial charge in [0, 0.05) is 7.11 Å². The summed E-state index contributed by atoms with van der Waals surface area (Å²) in [6.07, 6.45) is 0. The third kappa shape index (κ3) is 3.55. The molecule has 0 bridgehead atoms. The Morgan fingerprint density at radius 3 is 2.38 bits per heavy atom. The molecule has 0 aromatic heterocycles. The number of hydroxylamine groups is 2. The van der Waals surface area contributed by atoms with Crippen molar-refractivity contribution in [1.29, 1.82) is 0 Å². The van der Waals surface area contributed by atoms with Gasteiger partial charge >= 0.3 is 0 Å². The van der Waals surface area contributed by atoms with Gasteiger partial charge in [0.1, 0.15) is 6.73 Å². The lowest BCUT2D eigenvalue weighted by Crippen LogP contribution is -2.24. The zero-order valence-corrected chi connectivity index (χ0v) is 8.06. The molecule has 0 N–H and O–H groups in total. The molecule has 0 spiro atoms. The van der Waals surface area contributed by atoms with E-state index in [1.165, 1.54) is 5.56 Å². The van der Waals surface area contributed by atoms with Crippen molar-refractivity contribution in [3.63, 3.8) is 0 Å². The van der Waals surface area contributed by atoms with Gasteiger partial charge in [-0.15, -0.1) is 0 Å². The summed E-state index contributed by atoms with van der Waals surface area (Å²) in [6.45, 7) is 1.22. The number of ether oxygens (including phenoxy) is 1. The summed E-state index contributed by atoms with van der Waals surface area (Å²) in [4.78, 5) is 5.10. The van der Waals surface area contributed by atoms with Gasteiger partial charge in [-0.2, -0.15) is 5.06 Å². The minimum atomic E-state index is 0.478. The van der Waals surface area contributed by atoms with Crippen LogP contribution in [0.1, 0.15) is 5.56 Å². The lowest BCUT2D eigenvalue weighted by molar-refractivity contribution is -0.188. The Hall–Kier alpha value is -0.900. The van der Waals surface area contributed by atoms with Gasteiger partial charge < -0.3 is 4.74 Å². The highest BCUT2D eigenvalue weighted by atomic mass is 16.7. The predicted molar refractivity (Wildman–Crippen MR) is 50.9 cm³/mol. The molecule has 0 saturated heterocycles. The van der Waals surface area contributed by atoms with Gasteiger partial charge in [0.15, 0.2) is 0 Å². The molecular formula is C10H15NO2. The number of hydrogen-bond acceptors (Lipinski definition) is 3. The van der Waals surface area contributed by atoms with Crippen molar-refractivity contribution in [2.75, 3.05) is 21.0 Å². The second-order valence-corrected chi connectivity index (χ2v) is 2.73. The number of benzene rings is 1. The van der Waals surface area contributed by atoms with Crippen molar-refractivity contribution in [1.82, 2.24) is 5.06 Å². The van der Waals surface area contributed by atoms with E-state index in [-0.39, 0.29) is 0 Å². The average molecular weight is 181 g/mol. The molecule has 0 heterocycles. The average Bonchev–Trinajstić information content (AvgIpc) is 2.19. The van der Waals surface area contributed by atoms with E-state index in [9.17, 15) is 0 Å². The lowest BCUT2D eigenvalue weighted by atomic mass is 10.2. The van der Waals surface area contributed by atoms with Crippen LogP contribution < -0.4 is 0 Å². The minimum absolute atomic E-state index is 0.478. The summed E-state index contributed by atoms with van der Waals surface area (Å²) in [5, 5.41) is 1.75. The first-order valence-corrected chi connectivity index (χ1v) is 4.18. The van der Waals surface area contributed by atoms with E-state index in [2.05, 4.69) is 12.1 Å². The summed E-state index contributed by atoms with van der Waals surface area (Å²) in [5.74, 6) is 0. The zero-order valence-electron chi connectivity index (χ0n) is 8.06. The van der Waals surface area contributed by atoms with Crippen LogP contribution in [-0.2, 0) is 16.1 Å². The molecule has 3 nitrogen and oxygen atoms in total. The molecule has 1 rings (SSSR count). The van der Waals surface area contributed by atoms with Crippen LogP contribution in [0.15, 0.2) is 30.3 Å². The summed E-state index contributed by atoms with van der Waals surface area (Å²) in [5.41, 5.74) is 1.21. The smallest absolute Gasteiger partial charge is 0.122 e. The second kappa shape index (κ2) is 5.70. The quantitative estimate of drug-likeness (QED) is 0.509. The third-order valence-electron chi connectivity index (χ3n) is 1.73. The van der Waals surface area contributed by atoms with E-state index >= 15 is 0 Å². The van der Waals surface area contributed by atoms with Crippen LogP contribution >= 0.6 is 0 Å². The molecule has 0 unspecified atom stereocenters. The number of nitrogens with zero attached hydrogens (tertiary/aromatic N) is 1. The highest BCUT2D eigenvalue weighted by Gasteiger charge is 2.02. The second-order valence-electron chi connectivity index (χ2n) is 2.73. The van der Waals surface area contributed by atoms with Crippen LogP contribution in [0.5, 0.6) is 0 Å². The van der Waals surface area contributed by atoms with E-state index in [1.807, 2.05) is 18.2 Å². The molecule has 3 heteroatoms. The van der Waals surface area contributed by atoms with E-state index in [0.29, 0.717) is 6.73 Å². The van der Waals surface area contributed by atoms with E-state index in [4.69, 9.17) is 9.57 Å². The predicted octanol–water partition coefficient (Wildman–Crippen LogP) is 1.65. The maximum atomic E-state index is 5.10. The molecule has 0 radical (unpaired) electrons. The molecule has 0 aliphatic rings. The van der Waals surface area contributed by atoms with Crippen LogP contribution in [0.25, 0.3) is 0 Å². The largest absolute Gasteiger partial charge is 0.367 e. The number of methoxy groups -OCH3 is 1. The molecule has 0 saturated carbocycles. The summed E-state index contributed by atoms with van der Waals surface area (Å²) >= 11 is 0. The fraction of sp³-hybridized carbons (Fsp3) is 0.400. The van der Waals surface area contributed by atoms with Crippen molar-refractivity contribution in [2.24, 2.45) is 0 Å². The standard InChI is InChI=1S/C10H15NO2/c1-12-9-11(13-2)8-10-6-4-3-5-7-10/h3-7H,8-9H2,1-2H3. The Morgan fingerprint density at radius 1 is 1.15 bits per heavy atom. The Balaban J connectivity index is 2.46. The Labute approximate surface area is 78.8 Å². The minimum Gasteiger partial charge on any atom is -0.367 e. The summed E-state index contributed by atoms with van der Waals surface area (Å²) in [7, 11) is 3.29. The van der Waals surface area contributed by atoms with Crippen LogP contribution in [0.4, 0.5) is 0 Å². The molecule has 0 aliphatic carbocycles. The highest BCUT2D eigenvalue weighted by Crippen LogP contribution is 2.03. The fourth-order valence-corrected chi connectivity index (χ4v) is 1.09. The normalized spacial score (nSPS) is 10.7. The van der Waals surface area contributed by atoms with Gasteiger partial charge in [-0.25, -0.2) is 0 Å². The highest BCUT2D eigenvalue weighted by molar-refractivity contribution is 5.13. The SMILES string of the molecule is COCN(Cc1ccccc1)OC. The van der Waals surface area contributed by atoms with Crippen molar-refractivity contribution < 1.29 is 9.57 Å². The Bertz CT molecular complexity index is 226. The topological polar surface area (TPSA) is 21.7 Å². The van der Waals surface area contributed by atoms with Gasteiger partial charge in [0.2, 0.25) is 0 Å². The first kappa shape index (κ1) is 10.2. The number of hydrogen-bond donors (Lipinski definition) is 0. The maximum Gasteiger partial charge on any atom is 0.122 e. The van der Waals surface area contributed by atoms with Crippen LogP contribution in [-0.4, -0.2) is 26.0 Å². The molecule has 13 heavy (non-hydrogen) atoms. The molecule has 72 valence electrons. The molecule has 0 aliphatic heterocycles. The van der Waals surface area contributed by atoms with E-state index < -0.39 is 0 Å². The van der Waals surface area contributed by atoms with Gasteiger partial charge in [-0.3, -0.25) is 4.84 Å². The Kier molecular flexibility index (Phi) is 4.46. The Morgan fingerprint density at radius 2 is 1.85 bits per heavy atom. The molecule has 0 atom stereocenters. The molecule has 0 fully saturated rings. The number of rotatable bonds is 5.